The van der Waals surface area contributed by atoms with Gasteiger partial charge in [0.2, 0.25) is 0 Å². The number of hydrogen-bond acceptors (Lipinski definition) is 0. The van der Waals surface area contributed by atoms with E-state index in [0.717, 1.165) is 4.05 Å². The molecule has 0 spiro atoms. The van der Waals surface area contributed by atoms with Gasteiger partial charge in [0, 0.05) is 18.9 Å². The van der Waals surface area contributed by atoms with Crippen molar-refractivity contribution >= 4 is 53.0 Å². The summed E-state index contributed by atoms with van der Waals surface area (Å²) in [5.74, 6) is 0. The van der Waals surface area contributed by atoms with Gasteiger partial charge in [-0.3, -0.25) is 0 Å². The molecule has 0 N–H and O–H groups in total. The third-order valence-corrected chi connectivity index (χ3v) is 0. The molecule has 0 atom stereocenters. The summed E-state index contributed by atoms with van der Waals surface area (Å²) >= 11 is 2.00. The zero-order chi connectivity index (χ0) is 3.58. The van der Waals surface area contributed by atoms with E-state index >= 15 is 0 Å². The molecule has 4 heteroatoms. The molecule has 0 bridgehead atoms. The smallest absolute Gasteiger partial charge is 0 e. The zero-order valence-corrected chi connectivity index (χ0v) is 8.06. The molecule has 0 aliphatic heterocycles. The first kappa shape index (κ1) is 23.1. The van der Waals surface area contributed by atoms with E-state index in [1.165, 1.54) is 0 Å². The normalized spacial score (nSPS) is 5.29. The molecular weight excluding hydrogens is 138 g/mol. The van der Waals surface area contributed by atoms with Crippen LogP contribution in [0.1, 0.15) is 13.8 Å². The monoisotopic (exact) mass is 145 g/mol. The Kier molecular flexibility index (Phi) is 51.7. The summed E-state index contributed by atoms with van der Waals surface area (Å²) in [6, 6.07) is 0. The van der Waals surface area contributed by atoms with Crippen molar-refractivity contribution in [2.24, 2.45) is 0 Å². The van der Waals surface area contributed by atoms with E-state index in [2.05, 4.69) is 13.8 Å². The molecule has 37 valence electrons. The molecule has 0 fully saturated rings. The largest absolute Gasteiger partial charge is 1.00 e. The van der Waals surface area contributed by atoms with E-state index in [1.807, 2.05) is 21.7 Å². The van der Waals surface area contributed by atoms with E-state index in [9.17, 15) is 0 Å². The summed E-state index contributed by atoms with van der Waals surface area (Å²) in [7, 11) is 0. The molecule has 0 heterocycles. The molecule has 0 unspecified atom stereocenters. The zero-order valence-electron chi connectivity index (χ0n) is 5.07. The van der Waals surface area contributed by atoms with Gasteiger partial charge in [0.25, 0.3) is 0 Å². The number of rotatable bonds is 0. The van der Waals surface area contributed by atoms with Gasteiger partial charge >= 0.3 is 39.6 Å². The van der Waals surface area contributed by atoms with E-state index in [4.69, 9.17) is 0 Å². The SMILES string of the molecule is C[CH](C)[Mg+].Cl.[Cl-].[Li]. The van der Waals surface area contributed by atoms with Crippen LogP contribution < -0.4 is 12.4 Å². The maximum Gasteiger partial charge on any atom is 0 e. The molecule has 0 aliphatic rings. The summed E-state index contributed by atoms with van der Waals surface area (Å²) < 4.78 is 0.861. The molecule has 0 aromatic heterocycles. The Morgan fingerprint density at radius 1 is 1.29 bits per heavy atom. The summed E-state index contributed by atoms with van der Waals surface area (Å²) in [5, 5.41) is 0. The van der Waals surface area contributed by atoms with Crippen LogP contribution in [0.25, 0.3) is 0 Å². The molecule has 0 rings (SSSR count). The third kappa shape index (κ3) is 74.3. The molecule has 7 heavy (non-hydrogen) atoms. The fourth-order valence-electron chi connectivity index (χ4n) is 0. The Morgan fingerprint density at radius 3 is 1.29 bits per heavy atom. The average Bonchev–Trinajstić information content (AvgIpc) is 0.811. The molecule has 0 aromatic rings. The van der Waals surface area contributed by atoms with Gasteiger partial charge in [0.1, 0.15) is 0 Å². The first-order valence-corrected chi connectivity index (χ1v) is 2.38. The summed E-state index contributed by atoms with van der Waals surface area (Å²) in [5.41, 5.74) is 0. The van der Waals surface area contributed by atoms with Crippen LogP contribution >= 0.6 is 12.4 Å². The maximum absolute atomic E-state index is 2.18. The average molecular weight is 146 g/mol. The summed E-state index contributed by atoms with van der Waals surface area (Å²) in [4.78, 5) is 0. The Labute approximate surface area is 82.6 Å². The predicted octanol–water partition coefficient (Wildman–Crippen LogP) is -1.97. The minimum absolute atomic E-state index is 0. The van der Waals surface area contributed by atoms with Crippen molar-refractivity contribution < 1.29 is 12.4 Å². The van der Waals surface area contributed by atoms with Gasteiger partial charge in [-0.1, -0.05) is 0 Å². The topological polar surface area (TPSA) is 0 Å². The molecule has 0 amide bonds. The van der Waals surface area contributed by atoms with Crippen LogP contribution in [-0.2, 0) is 0 Å². The molecule has 0 saturated heterocycles. The second-order valence-corrected chi connectivity index (χ2v) is 3.03. The minimum Gasteiger partial charge on any atom is -1.00 e. The minimum atomic E-state index is 0. The third-order valence-electron chi connectivity index (χ3n) is 0. The second-order valence-electron chi connectivity index (χ2n) is 1.39. The van der Waals surface area contributed by atoms with Crippen molar-refractivity contribution in [1.29, 1.82) is 0 Å². The van der Waals surface area contributed by atoms with Crippen LogP contribution in [0.15, 0.2) is 0 Å². The Morgan fingerprint density at radius 2 is 1.29 bits per heavy atom. The van der Waals surface area contributed by atoms with Gasteiger partial charge in [0.15, 0.2) is 0 Å². The van der Waals surface area contributed by atoms with E-state index < -0.39 is 0 Å². The maximum atomic E-state index is 2.18. The second kappa shape index (κ2) is 15.7. The number of halogens is 2. The van der Waals surface area contributed by atoms with Crippen LogP contribution in [0.4, 0.5) is 0 Å². The quantitative estimate of drug-likeness (QED) is 0.348. The van der Waals surface area contributed by atoms with Gasteiger partial charge in [-0.15, -0.1) is 12.4 Å². The summed E-state index contributed by atoms with van der Waals surface area (Å²) in [6.07, 6.45) is 0. The van der Waals surface area contributed by atoms with E-state index in [0.29, 0.717) is 0 Å². The van der Waals surface area contributed by atoms with Crippen molar-refractivity contribution in [3.8, 4) is 0 Å². The van der Waals surface area contributed by atoms with Crippen molar-refractivity contribution in [3.05, 3.63) is 0 Å². The first-order chi connectivity index (χ1) is 1.73. The van der Waals surface area contributed by atoms with Gasteiger partial charge in [-0.2, -0.15) is 0 Å². The summed E-state index contributed by atoms with van der Waals surface area (Å²) in [6.45, 7) is 4.36. The molecule has 0 aromatic carbocycles. The van der Waals surface area contributed by atoms with Crippen LogP contribution in [0.3, 0.4) is 0 Å². The first-order valence-electron chi connectivity index (χ1n) is 1.56. The Balaban J connectivity index is -0.0000000150. The van der Waals surface area contributed by atoms with Crippen LogP contribution in [0.5, 0.6) is 0 Å². The van der Waals surface area contributed by atoms with Gasteiger partial charge in [-0.25, -0.2) is 0 Å². The molecule has 0 saturated carbocycles. The molecule has 0 nitrogen and oxygen atoms in total. The van der Waals surface area contributed by atoms with Gasteiger partial charge in [-0.05, 0) is 0 Å². The molecule has 0 aliphatic carbocycles. The Hall–Kier alpha value is 1.94. The van der Waals surface area contributed by atoms with Crippen molar-refractivity contribution in [1.82, 2.24) is 0 Å². The van der Waals surface area contributed by atoms with Crippen LogP contribution in [0, 0.1) is 0 Å². The fraction of sp³-hybridized carbons (Fsp3) is 1.00. The molecule has 1 radical (unpaired) electrons. The molecular formula is C3H8Cl2LiMg. The van der Waals surface area contributed by atoms with Gasteiger partial charge in [0.05, 0.1) is 0 Å². The fourth-order valence-corrected chi connectivity index (χ4v) is 0. The van der Waals surface area contributed by atoms with Crippen LogP contribution in [-0.4, -0.2) is 40.6 Å². The standard InChI is InChI=1S/C3H7.2ClH.Li.Mg/c1-3-2;;;;/h3H,1-2H3;2*1H;;/q;;;;+1/p-1. The van der Waals surface area contributed by atoms with Gasteiger partial charge < -0.3 is 12.4 Å². The Bertz CT molecular complexity index is 17.7. The van der Waals surface area contributed by atoms with Crippen molar-refractivity contribution in [2.75, 3.05) is 0 Å². The van der Waals surface area contributed by atoms with E-state index in [-0.39, 0.29) is 43.7 Å². The van der Waals surface area contributed by atoms with Crippen LogP contribution in [0.2, 0.25) is 4.05 Å². The van der Waals surface area contributed by atoms with Crippen molar-refractivity contribution in [3.63, 3.8) is 0 Å². The van der Waals surface area contributed by atoms with Crippen molar-refractivity contribution in [2.45, 2.75) is 17.9 Å². The van der Waals surface area contributed by atoms with E-state index in [1.54, 1.807) is 0 Å². The predicted molar refractivity (Wildman–Crippen MR) is 33.9 cm³/mol. The number of hydrogen-bond donors (Lipinski definition) is 0.